The summed E-state index contributed by atoms with van der Waals surface area (Å²) in [5.41, 5.74) is 0.644. The van der Waals surface area contributed by atoms with Crippen LogP contribution in [0.5, 0.6) is 0 Å². The van der Waals surface area contributed by atoms with Crippen LogP contribution in [0.4, 0.5) is 24.7 Å². The first-order valence-corrected chi connectivity index (χ1v) is 9.30. The fourth-order valence-electron chi connectivity index (χ4n) is 3.30. The highest BCUT2D eigenvalue weighted by atomic mass is 35.5. The van der Waals surface area contributed by atoms with Gasteiger partial charge >= 0.3 is 6.18 Å². The molecule has 3 heterocycles. The van der Waals surface area contributed by atoms with E-state index in [1.165, 1.54) is 6.07 Å². The number of hydrogen-bond acceptors (Lipinski definition) is 5. The van der Waals surface area contributed by atoms with Crippen molar-refractivity contribution in [1.82, 2.24) is 19.8 Å². The Kier molecular flexibility index (Phi) is 5.03. The van der Waals surface area contributed by atoms with E-state index >= 15 is 0 Å². The van der Waals surface area contributed by atoms with Crippen molar-refractivity contribution in [3.8, 4) is 0 Å². The first kappa shape index (κ1) is 19.4. The third-order valence-electron chi connectivity index (χ3n) is 4.73. The van der Waals surface area contributed by atoms with E-state index < -0.39 is 12.0 Å². The van der Waals surface area contributed by atoms with Crippen molar-refractivity contribution in [2.24, 2.45) is 5.92 Å². The van der Waals surface area contributed by atoms with Gasteiger partial charge in [0.05, 0.1) is 5.92 Å². The number of hydrogen-bond donors (Lipinski definition) is 1. The van der Waals surface area contributed by atoms with Crippen LogP contribution in [0, 0.1) is 5.92 Å². The summed E-state index contributed by atoms with van der Waals surface area (Å²) in [7, 11) is 0. The van der Waals surface area contributed by atoms with E-state index in [9.17, 15) is 18.0 Å². The fourth-order valence-corrected chi connectivity index (χ4v) is 3.43. The Balaban J connectivity index is 1.52. The minimum absolute atomic E-state index is 0.00937. The average Bonchev–Trinajstić information content (AvgIpc) is 3.13. The first-order chi connectivity index (χ1) is 13.8. The highest BCUT2D eigenvalue weighted by Gasteiger charge is 2.38. The summed E-state index contributed by atoms with van der Waals surface area (Å²) >= 11 is 5.85. The summed E-state index contributed by atoms with van der Waals surface area (Å²) in [4.78, 5) is 14.4. The van der Waals surface area contributed by atoms with E-state index in [2.05, 4.69) is 20.6 Å². The van der Waals surface area contributed by atoms with Gasteiger partial charge in [-0.05, 0) is 49.2 Å². The SMILES string of the molecule is O=C(Nc1ccc(Cl)cc1)C1CCCN(c2ccc3nnc(C(F)(F)F)n3n2)C1. The van der Waals surface area contributed by atoms with Crippen molar-refractivity contribution >= 4 is 34.7 Å². The van der Waals surface area contributed by atoms with Crippen LogP contribution in [0.3, 0.4) is 0 Å². The summed E-state index contributed by atoms with van der Waals surface area (Å²) in [6.07, 6.45) is -3.26. The second kappa shape index (κ2) is 7.51. The highest BCUT2D eigenvalue weighted by Crippen LogP contribution is 2.29. The van der Waals surface area contributed by atoms with Crippen molar-refractivity contribution in [1.29, 1.82) is 0 Å². The molecule has 2 aromatic heterocycles. The molecule has 3 aromatic rings. The van der Waals surface area contributed by atoms with Gasteiger partial charge in [-0.3, -0.25) is 4.79 Å². The Hall–Kier alpha value is -2.88. The van der Waals surface area contributed by atoms with Crippen molar-refractivity contribution < 1.29 is 18.0 Å². The molecule has 1 atom stereocenters. The molecule has 1 aliphatic heterocycles. The molecule has 11 heteroatoms. The molecule has 152 valence electrons. The molecule has 1 N–H and O–H groups in total. The van der Waals surface area contributed by atoms with E-state index in [4.69, 9.17) is 11.6 Å². The Morgan fingerprint density at radius 3 is 2.62 bits per heavy atom. The quantitative estimate of drug-likeness (QED) is 0.694. The molecule has 0 bridgehead atoms. The van der Waals surface area contributed by atoms with Crippen LogP contribution < -0.4 is 10.2 Å². The lowest BCUT2D eigenvalue weighted by molar-refractivity contribution is -0.146. The number of carbonyl (C=O) groups excluding carboxylic acids is 1. The van der Waals surface area contributed by atoms with Crippen LogP contribution in [-0.4, -0.2) is 38.8 Å². The lowest BCUT2D eigenvalue weighted by atomic mass is 9.97. The molecule has 29 heavy (non-hydrogen) atoms. The van der Waals surface area contributed by atoms with Crippen LogP contribution in [0.2, 0.25) is 5.02 Å². The molecule has 1 saturated heterocycles. The fraction of sp³-hybridized carbons (Fsp3) is 0.333. The van der Waals surface area contributed by atoms with Crippen molar-refractivity contribution in [3.63, 3.8) is 0 Å². The zero-order chi connectivity index (χ0) is 20.6. The molecule has 0 aliphatic carbocycles. The number of rotatable bonds is 3. The van der Waals surface area contributed by atoms with Gasteiger partial charge in [0.1, 0.15) is 5.82 Å². The molecular formula is C18H16ClF3N6O. The Labute approximate surface area is 168 Å². The lowest BCUT2D eigenvalue weighted by Crippen LogP contribution is -2.41. The summed E-state index contributed by atoms with van der Waals surface area (Å²) in [5, 5.41) is 14.2. The van der Waals surface area contributed by atoms with Crippen molar-refractivity contribution in [2.45, 2.75) is 19.0 Å². The zero-order valence-electron chi connectivity index (χ0n) is 15.0. The molecule has 0 spiro atoms. The average molecular weight is 425 g/mol. The standard InChI is InChI=1S/C18H16ClF3N6O/c19-12-3-5-13(6-4-12)23-16(29)11-2-1-9-27(10-11)15-8-7-14-24-25-17(18(20,21)22)28(14)26-15/h3-8,11H,1-2,9-10H2,(H,23,29). The van der Waals surface area contributed by atoms with Crippen LogP contribution in [0.1, 0.15) is 18.7 Å². The Morgan fingerprint density at radius 1 is 1.14 bits per heavy atom. The molecule has 0 saturated carbocycles. The van der Waals surface area contributed by atoms with Gasteiger partial charge in [-0.25, -0.2) is 0 Å². The number of nitrogens with zero attached hydrogens (tertiary/aromatic N) is 5. The van der Waals surface area contributed by atoms with Gasteiger partial charge in [-0.15, -0.1) is 15.3 Å². The largest absolute Gasteiger partial charge is 0.453 e. The van der Waals surface area contributed by atoms with Gasteiger partial charge in [0.2, 0.25) is 5.91 Å². The van der Waals surface area contributed by atoms with Gasteiger partial charge in [-0.2, -0.15) is 17.7 Å². The van der Waals surface area contributed by atoms with E-state index in [1.54, 1.807) is 35.2 Å². The number of amides is 1. The molecule has 7 nitrogen and oxygen atoms in total. The molecule has 1 fully saturated rings. The summed E-state index contributed by atoms with van der Waals surface area (Å²) in [6.45, 7) is 0.939. The van der Waals surface area contributed by atoms with Crippen molar-refractivity contribution in [2.75, 3.05) is 23.3 Å². The van der Waals surface area contributed by atoms with Crippen LogP contribution in [-0.2, 0) is 11.0 Å². The maximum Gasteiger partial charge on any atom is 0.453 e. The monoisotopic (exact) mass is 424 g/mol. The number of piperidine rings is 1. The van der Waals surface area contributed by atoms with E-state index in [0.29, 0.717) is 47.0 Å². The summed E-state index contributed by atoms with van der Waals surface area (Å²) in [6, 6.07) is 9.80. The molecule has 1 aliphatic rings. The number of benzene rings is 1. The number of aromatic nitrogens is 4. The van der Waals surface area contributed by atoms with Crippen LogP contribution in [0.25, 0.3) is 5.65 Å². The van der Waals surface area contributed by atoms with E-state index in [-0.39, 0.29) is 17.5 Å². The Morgan fingerprint density at radius 2 is 1.90 bits per heavy atom. The maximum atomic E-state index is 13.1. The third-order valence-corrected chi connectivity index (χ3v) is 4.98. The number of carbonyl (C=O) groups is 1. The zero-order valence-corrected chi connectivity index (χ0v) is 15.8. The maximum absolute atomic E-state index is 13.1. The van der Waals surface area contributed by atoms with E-state index in [1.807, 2.05) is 0 Å². The lowest BCUT2D eigenvalue weighted by Gasteiger charge is -2.32. The predicted octanol–water partition coefficient (Wildman–Crippen LogP) is 3.65. The molecule has 0 radical (unpaired) electrons. The van der Waals surface area contributed by atoms with Gasteiger partial charge in [0, 0.05) is 23.8 Å². The number of nitrogens with one attached hydrogen (secondary N) is 1. The van der Waals surface area contributed by atoms with Crippen LogP contribution in [0.15, 0.2) is 36.4 Å². The second-order valence-electron chi connectivity index (χ2n) is 6.76. The molecule has 4 rings (SSSR count). The molecule has 1 amide bonds. The summed E-state index contributed by atoms with van der Waals surface area (Å²) < 4.78 is 39.9. The predicted molar refractivity (Wildman–Crippen MR) is 101 cm³/mol. The minimum Gasteiger partial charge on any atom is -0.354 e. The minimum atomic E-state index is -4.66. The molecular weight excluding hydrogens is 409 g/mol. The highest BCUT2D eigenvalue weighted by molar-refractivity contribution is 6.30. The normalized spacial score (nSPS) is 17.5. The number of anilines is 2. The number of fused-ring (bicyclic) bond motifs is 1. The van der Waals surface area contributed by atoms with Crippen LogP contribution >= 0.6 is 11.6 Å². The topological polar surface area (TPSA) is 75.4 Å². The molecule has 1 unspecified atom stereocenters. The van der Waals surface area contributed by atoms with Gasteiger partial charge in [-0.1, -0.05) is 11.6 Å². The van der Waals surface area contributed by atoms with Gasteiger partial charge < -0.3 is 10.2 Å². The van der Waals surface area contributed by atoms with Gasteiger partial charge in [0.25, 0.3) is 5.82 Å². The summed E-state index contributed by atoms with van der Waals surface area (Å²) in [5.74, 6) is -1.31. The number of halogens is 4. The smallest absolute Gasteiger partial charge is 0.354 e. The van der Waals surface area contributed by atoms with E-state index in [0.717, 1.165) is 0 Å². The number of alkyl halides is 3. The van der Waals surface area contributed by atoms with Gasteiger partial charge in [0.15, 0.2) is 5.65 Å². The first-order valence-electron chi connectivity index (χ1n) is 8.92. The Bertz CT molecular complexity index is 1040. The third kappa shape index (κ3) is 4.12. The van der Waals surface area contributed by atoms with Crippen molar-refractivity contribution in [3.05, 3.63) is 47.2 Å². The second-order valence-corrected chi connectivity index (χ2v) is 7.20. The molecule has 1 aromatic carbocycles.